The Hall–Kier alpha value is -0.0800. The first-order chi connectivity index (χ1) is 7.39. The van der Waals surface area contributed by atoms with Gasteiger partial charge >= 0.3 is 0 Å². The number of rotatable bonds is 4. The Labute approximate surface area is 102 Å². The molecule has 0 aromatic carbocycles. The molecule has 1 aliphatic rings. The molecular weight excluding hydrogens is 196 g/mol. The van der Waals surface area contributed by atoms with Gasteiger partial charge in [-0.05, 0) is 65.1 Å². The molecule has 1 atom stereocenters. The lowest BCUT2D eigenvalue weighted by molar-refractivity contribution is 0.0637. The van der Waals surface area contributed by atoms with Gasteiger partial charge in [-0.15, -0.1) is 0 Å². The third-order valence-corrected chi connectivity index (χ3v) is 4.86. The number of piperidine rings is 1. The van der Waals surface area contributed by atoms with Crippen LogP contribution in [0.25, 0.3) is 0 Å². The molecule has 0 amide bonds. The van der Waals surface area contributed by atoms with E-state index in [9.17, 15) is 0 Å². The van der Waals surface area contributed by atoms with E-state index in [4.69, 9.17) is 0 Å². The molecule has 0 bridgehead atoms. The van der Waals surface area contributed by atoms with Gasteiger partial charge in [0.1, 0.15) is 0 Å². The van der Waals surface area contributed by atoms with E-state index in [2.05, 4.69) is 51.9 Å². The summed E-state index contributed by atoms with van der Waals surface area (Å²) >= 11 is 0. The van der Waals surface area contributed by atoms with E-state index in [1.807, 2.05) is 0 Å². The fourth-order valence-electron chi connectivity index (χ4n) is 2.89. The van der Waals surface area contributed by atoms with Crippen LogP contribution in [0.15, 0.2) is 0 Å². The molecule has 0 aromatic heterocycles. The Morgan fingerprint density at radius 1 is 1.12 bits per heavy atom. The molecule has 1 N–H and O–H groups in total. The first kappa shape index (κ1) is 14.0. The summed E-state index contributed by atoms with van der Waals surface area (Å²) < 4.78 is 0. The molecule has 1 unspecified atom stereocenters. The van der Waals surface area contributed by atoms with E-state index in [-0.39, 0.29) is 0 Å². The van der Waals surface area contributed by atoms with E-state index in [0.29, 0.717) is 17.5 Å². The molecule has 0 aromatic rings. The second-order valence-corrected chi connectivity index (χ2v) is 6.24. The van der Waals surface area contributed by atoms with Crippen molar-refractivity contribution in [2.24, 2.45) is 11.3 Å². The molecule has 2 heteroatoms. The summed E-state index contributed by atoms with van der Waals surface area (Å²) in [4.78, 5) is 2.61. The van der Waals surface area contributed by atoms with Crippen LogP contribution in [-0.4, -0.2) is 37.1 Å². The van der Waals surface area contributed by atoms with Crippen LogP contribution in [0.1, 0.15) is 47.5 Å². The molecule has 16 heavy (non-hydrogen) atoms. The zero-order valence-corrected chi connectivity index (χ0v) is 12.0. The Kier molecular flexibility index (Phi) is 4.81. The number of nitrogens with one attached hydrogen (secondary N) is 1. The van der Waals surface area contributed by atoms with Crippen molar-refractivity contribution in [1.29, 1.82) is 0 Å². The van der Waals surface area contributed by atoms with Crippen LogP contribution in [0.3, 0.4) is 0 Å². The second-order valence-electron chi connectivity index (χ2n) is 6.24. The minimum atomic E-state index is 0.415. The molecule has 1 saturated heterocycles. The SMILES string of the molecule is CNC(C)C(C)(C)C1CCN(C(C)C)CC1. The Bertz CT molecular complexity index is 203. The minimum absolute atomic E-state index is 0.415. The highest BCUT2D eigenvalue weighted by atomic mass is 15.1. The van der Waals surface area contributed by atoms with E-state index < -0.39 is 0 Å². The highest BCUT2D eigenvalue weighted by Crippen LogP contribution is 2.37. The molecule has 0 saturated carbocycles. The lowest BCUT2D eigenvalue weighted by Gasteiger charge is -2.44. The molecule has 2 nitrogen and oxygen atoms in total. The number of hydrogen-bond donors (Lipinski definition) is 1. The van der Waals surface area contributed by atoms with Crippen molar-refractivity contribution in [1.82, 2.24) is 10.2 Å². The standard InChI is InChI=1S/C14H30N2/c1-11(2)16-9-7-13(8-10-16)14(4,5)12(3)15-6/h11-13,15H,7-10H2,1-6H3. The van der Waals surface area contributed by atoms with Crippen molar-refractivity contribution in [3.63, 3.8) is 0 Å². The van der Waals surface area contributed by atoms with Crippen molar-refractivity contribution in [2.75, 3.05) is 20.1 Å². The van der Waals surface area contributed by atoms with Crippen molar-refractivity contribution >= 4 is 0 Å². The first-order valence-corrected chi connectivity index (χ1v) is 6.81. The summed E-state index contributed by atoms with van der Waals surface area (Å²) in [7, 11) is 2.08. The van der Waals surface area contributed by atoms with Gasteiger partial charge in [0.25, 0.3) is 0 Å². The summed E-state index contributed by atoms with van der Waals surface area (Å²) in [6.45, 7) is 14.3. The topological polar surface area (TPSA) is 15.3 Å². The zero-order valence-electron chi connectivity index (χ0n) is 12.0. The van der Waals surface area contributed by atoms with Crippen LogP contribution >= 0.6 is 0 Å². The van der Waals surface area contributed by atoms with Crippen molar-refractivity contribution in [3.05, 3.63) is 0 Å². The third-order valence-electron chi connectivity index (χ3n) is 4.86. The van der Waals surface area contributed by atoms with Gasteiger partial charge < -0.3 is 10.2 Å². The van der Waals surface area contributed by atoms with Gasteiger partial charge in [0.05, 0.1) is 0 Å². The third kappa shape index (κ3) is 2.98. The maximum absolute atomic E-state index is 3.42. The molecule has 0 aliphatic carbocycles. The average molecular weight is 226 g/mol. The second kappa shape index (κ2) is 5.50. The van der Waals surface area contributed by atoms with Gasteiger partial charge in [-0.1, -0.05) is 13.8 Å². The smallest absolute Gasteiger partial charge is 0.00895 e. The van der Waals surface area contributed by atoms with E-state index in [0.717, 1.165) is 5.92 Å². The van der Waals surface area contributed by atoms with Crippen LogP contribution in [0.5, 0.6) is 0 Å². The Morgan fingerprint density at radius 3 is 2.00 bits per heavy atom. The Balaban J connectivity index is 2.53. The van der Waals surface area contributed by atoms with Gasteiger partial charge in [0.2, 0.25) is 0 Å². The molecule has 96 valence electrons. The minimum Gasteiger partial charge on any atom is -0.317 e. The monoisotopic (exact) mass is 226 g/mol. The van der Waals surface area contributed by atoms with Gasteiger partial charge in [0, 0.05) is 12.1 Å². The highest BCUT2D eigenvalue weighted by Gasteiger charge is 2.36. The lowest BCUT2D eigenvalue weighted by Crippen LogP contribution is -2.48. The van der Waals surface area contributed by atoms with Crippen LogP contribution in [0.4, 0.5) is 0 Å². The summed E-state index contributed by atoms with van der Waals surface area (Å²) in [5, 5.41) is 3.42. The number of hydrogen-bond acceptors (Lipinski definition) is 2. The largest absolute Gasteiger partial charge is 0.317 e. The highest BCUT2D eigenvalue weighted by molar-refractivity contribution is 4.89. The fraction of sp³-hybridized carbons (Fsp3) is 1.00. The summed E-state index contributed by atoms with van der Waals surface area (Å²) in [5.74, 6) is 0.866. The normalized spacial score (nSPS) is 22.7. The van der Waals surface area contributed by atoms with Crippen LogP contribution in [0, 0.1) is 11.3 Å². The van der Waals surface area contributed by atoms with Crippen molar-refractivity contribution in [2.45, 2.75) is 59.5 Å². The molecule has 1 rings (SSSR count). The van der Waals surface area contributed by atoms with Gasteiger partial charge in [-0.25, -0.2) is 0 Å². The molecule has 1 aliphatic heterocycles. The van der Waals surface area contributed by atoms with E-state index in [1.54, 1.807) is 0 Å². The maximum atomic E-state index is 3.42. The predicted molar refractivity (Wildman–Crippen MR) is 71.7 cm³/mol. The predicted octanol–water partition coefficient (Wildman–Crippen LogP) is 2.74. The lowest BCUT2D eigenvalue weighted by atomic mass is 9.69. The molecule has 0 spiro atoms. The van der Waals surface area contributed by atoms with E-state index in [1.165, 1.54) is 25.9 Å². The Morgan fingerprint density at radius 2 is 1.62 bits per heavy atom. The molecule has 1 heterocycles. The molecule has 0 radical (unpaired) electrons. The number of nitrogens with zero attached hydrogens (tertiary/aromatic N) is 1. The quantitative estimate of drug-likeness (QED) is 0.793. The van der Waals surface area contributed by atoms with Crippen LogP contribution < -0.4 is 5.32 Å². The van der Waals surface area contributed by atoms with Gasteiger partial charge in [-0.3, -0.25) is 0 Å². The zero-order chi connectivity index (χ0) is 12.3. The van der Waals surface area contributed by atoms with Crippen LogP contribution in [-0.2, 0) is 0 Å². The fourth-order valence-corrected chi connectivity index (χ4v) is 2.89. The molecular formula is C14H30N2. The van der Waals surface area contributed by atoms with Crippen molar-refractivity contribution < 1.29 is 0 Å². The van der Waals surface area contributed by atoms with Crippen LogP contribution in [0.2, 0.25) is 0 Å². The van der Waals surface area contributed by atoms with Gasteiger partial charge in [0.15, 0.2) is 0 Å². The summed E-state index contributed by atoms with van der Waals surface area (Å²) in [5.41, 5.74) is 0.415. The van der Waals surface area contributed by atoms with E-state index >= 15 is 0 Å². The molecule has 1 fully saturated rings. The number of likely N-dealkylation sites (tertiary alicyclic amines) is 1. The average Bonchev–Trinajstić information content (AvgIpc) is 2.28. The maximum Gasteiger partial charge on any atom is 0.00895 e. The summed E-state index contributed by atoms with van der Waals surface area (Å²) in [6, 6.07) is 1.31. The summed E-state index contributed by atoms with van der Waals surface area (Å²) in [6.07, 6.45) is 2.72. The van der Waals surface area contributed by atoms with Crippen molar-refractivity contribution in [3.8, 4) is 0 Å². The van der Waals surface area contributed by atoms with Gasteiger partial charge in [-0.2, -0.15) is 0 Å². The first-order valence-electron chi connectivity index (χ1n) is 6.81.